The standard InChI is InChI=1S/C27H24FN5O.C10H11N3O.C4H8O/c1-18-5-8-24-25(13-18)31-26(30-24)16-33-11-9-20(10-12-33)23-3-2-4-27(32-23)34-17-21-7-6-19(15-29)14-22(21)28;1-2-9-8-5-7(11-6-14)3-4-10(8)13-12-9;1-4-2-3-5-4/h2-9,13-14H,10-12,16-17H2,1H3,(H,30,31);3-6H,2H2,1H3,(H,11,14)(H,12,13);4H,2-3H2,1H3/t;;4-/m..1/s1. The summed E-state index contributed by atoms with van der Waals surface area (Å²) in [5.41, 5.74) is 8.82. The van der Waals surface area contributed by atoms with Crippen LogP contribution in [0.4, 0.5) is 10.1 Å². The molecule has 8 rings (SSSR count). The number of ether oxygens (including phenoxy) is 2. The van der Waals surface area contributed by atoms with Gasteiger partial charge in [-0.2, -0.15) is 10.4 Å². The van der Waals surface area contributed by atoms with Gasteiger partial charge in [-0.1, -0.05) is 31.2 Å². The van der Waals surface area contributed by atoms with Gasteiger partial charge in [-0.3, -0.25) is 14.8 Å². The van der Waals surface area contributed by atoms with Crippen LogP contribution in [-0.4, -0.2) is 62.3 Å². The van der Waals surface area contributed by atoms with E-state index in [4.69, 9.17) is 19.7 Å². The van der Waals surface area contributed by atoms with E-state index in [2.05, 4.69) is 75.4 Å². The molecule has 1 amide bonds. The minimum absolute atomic E-state index is 0.0534. The van der Waals surface area contributed by atoms with Gasteiger partial charge in [0.1, 0.15) is 18.2 Å². The van der Waals surface area contributed by atoms with Gasteiger partial charge in [-0.05, 0) is 92.8 Å². The topological polar surface area (TPSA) is 145 Å². The highest BCUT2D eigenvalue weighted by Gasteiger charge is 2.17. The number of fused-ring (bicyclic) bond motifs is 2. The van der Waals surface area contributed by atoms with Crippen molar-refractivity contribution in [3.63, 3.8) is 0 Å². The molecule has 12 heteroatoms. The van der Waals surface area contributed by atoms with Crippen molar-refractivity contribution in [1.82, 2.24) is 30.0 Å². The maximum absolute atomic E-state index is 14.1. The Kier molecular flexibility index (Phi) is 12.2. The SMILES string of the molecule is CCc1[nH]nc2ccc(NC=O)cc12.C[C@@H]1CCO1.Cc1ccc2nc(CN3CC=C(c4cccc(OCc5ccc(C#N)cc5F)n4)CC3)[nH]c2c1. The molecule has 0 saturated carbocycles. The van der Waals surface area contributed by atoms with Crippen LogP contribution in [0.1, 0.15) is 60.6 Å². The average molecular weight is 715 g/mol. The maximum Gasteiger partial charge on any atom is 0.214 e. The van der Waals surface area contributed by atoms with Crippen molar-refractivity contribution < 1.29 is 18.7 Å². The van der Waals surface area contributed by atoms with Crippen LogP contribution in [0.3, 0.4) is 0 Å². The Morgan fingerprint density at radius 3 is 2.64 bits per heavy atom. The first kappa shape index (κ1) is 36.9. The Morgan fingerprint density at radius 1 is 1.11 bits per heavy atom. The molecule has 3 aromatic carbocycles. The van der Waals surface area contributed by atoms with Gasteiger partial charge in [0.05, 0.1) is 46.5 Å². The molecule has 3 aromatic heterocycles. The summed E-state index contributed by atoms with van der Waals surface area (Å²) in [5.74, 6) is 0.966. The predicted molar refractivity (Wildman–Crippen MR) is 204 cm³/mol. The molecule has 0 bridgehead atoms. The van der Waals surface area contributed by atoms with E-state index >= 15 is 0 Å². The number of nitrogens with one attached hydrogen (secondary N) is 3. The fourth-order valence-corrected chi connectivity index (χ4v) is 5.95. The molecule has 1 fully saturated rings. The molecule has 0 radical (unpaired) electrons. The first-order valence-electron chi connectivity index (χ1n) is 17.8. The Balaban J connectivity index is 0.000000206. The average Bonchev–Trinajstić information content (AvgIpc) is 3.77. The third-order valence-corrected chi connectivity index (χ3v) is 9.10. The largest absolute Gasteiger partial charge is 0.473 e. The second kappa shape index (κ2) is 17.5. The van der Waals surface area contributed by atoms with E-state index in [1.807, 2.05) is 36.4 Å². The smallest absolute Gasteiger partial charge is 0.214 e. The van der Waals surface area contributed by atoms with Gasteiger partial charge in [0.15, 0.2) is 0 Å². The first-order chi connectivity index (χ1) is 25.8. The summed E-state index contributed by atoms with van der Waals surface area (Å²) in [7, 11) is 0. The van der Waals surface area contributed by atoms with Crippen LogP contribution in [0.15, 0.2) is 78.9 Å². The molecule has 5 heterocycles. The number of hydrogen-bond acceptors (Lipinski definition) is 8. The third-order valence-electron chi connectivity index (χ3n) is 9.10. The van der Waals surface area contributed by atoms with E-state index in [0.717, 1.165) is 83.9 Å². The highest BCUT2D eigenvalue weighted by atomic mass is 19.1. The third kappa shape index (κ3) is 9.71. The molecule has 0 unspecified atom stereocenters. The lowest BCUT2D eigenvalue weighted by atomic mass is 10.0. The molecule has 0 aliphatic carbocycles. The maximum atomic E-state index is 14.1. The van der Waals surface area contributed by atoms with E-state index in [-0.39, 0.29) is 12.2 Å². The second-order valence-corrected chi connectivity index (χ2v) is 13.0. The number of aromatic amines is 2. The highest BCUT2D eigenvalue weighted by molar-refractivity contribution is 5.87. The van der Waals surface area contributed by atoms with Crippen molar-refractivity contribution in [3.05, 3.63) is 119 Å². The lowest BCUT2D eigenvalue weighted by Gasteiger charge is -2.25. The van der Waals surface area contributed by atoms with Crippen LogP contribution in [0, 0.1) is 24.1 Å². The van der Waals surface area contributed by atoms with Gasteiger partial charge in [0.2, 0.25) is 12.3 Å². The predicted octanol–water partition coefficient (Wildman–Crippen LogP) is 7.63. The molecule has 3 N–H and O–H groups in total. The number of carbonyl (C=O) groups is 1. The number of aromatic nitrogens is 5. The summed E-state index contributed by atoms with van der Waals surface area (Å²) in [5, 5.41) is 19.7. The van der Waals surface area contributed by atoms with Crippen LogP contribution >= 0.6 is 0 Å². The molecule has 2 aliphatic heterocycles. The number of H-pyrrole nitrogens is 2. The number of amides is 1. The minimum Gasteiger partial charge on any atom is -0.473 e. The molecular formula is C41H43FN8O3. The van der Waals surface area contributed by atoms with Crippen LogP contribution in [0.2, 0.25) is 0 Å². The number of pyridine rings is 1. The van der Waals surface area contributed by atoms with Crippen LogP contribution < -0.4 is 10.1 Å². The van der Waals surface area contributed by atoms with Crippen LogP contribution in [0.5, 0.6) is 5.88 Å². The number of anilines is 1. The normalized spacial score (nSPS) is 15.2. The number of halogens is 1. The summed E-state index contributed by atoms with van der Waals surface area (Å²) in [6.07, 6.45) is 6.48. The Hall–Kier alpha value is -5.90. The van der Waals surface area contributed by atoms with E-state index in [1.165, 1.54) is 23.6 Å². The Bertz CT molecular complexity index is 2250. The van der Waals surface area contributed by atoms with Crippen molar-refractivity contribution in [2.75, 3.05) is 25.0 Å². The van der Waals surface area contributed by atoms with Crippen molar-refractivity contribution in [1.29, 1.82) is 5.26 Å². The fourth-order valence-electron chi connectivity index (χ4n) is 5.95. The Morgan fingerprint density at radius 2 is 1.94 bits per heavy atom. The zero-order valence-corrected chi connectivity index (χ0v) is 30.2. The summed E-state index contributed by atoms with van der Waals surface area (Å²) in [6.45, 7) is 9.76. The molecule has 272 valence electrons. The summed E-state index contributed by atoms with van der Waals surface area (Å²) < 4.78 is 24.8. The van der Waals surface area contributed by atoms with Crippen molar-refractivity contribution in [2.45, 2.75) is 59.3 Å². The van der Waals surface area contributed by atoms with Gasteiger partial charge in [0.25, 0.3) is 0 Å². The molecular weight excluding hydrogens is 672 g/mol. The summed E-state index contributed by atoms with van der Waals surface area (Å²) >= 11 is 0. The number of benzene rings is 3. The molecule has 2 aliphatic rings. The highest BCUT2D eigenvalue weighted by Crippen LogP contribution is 2.25. The molecule has 11 nitrogen and oxygen atoms in total. The molecule has 1 atom stereocenters. The van der Waals surface area contributed by atoms with E-state index in [0.29, 0.717) is 24.0 Å². The minimum atomic E-state index is -0.454. The van der Waals surface area contributed by atoms with Gasteiger partial charge < -0.3 is 19.8 Å². The lowest BCUT2D eigenvalue weighted by Crippen LogP contribution is -2.28. The number of imidazole rings is 1. The summed E-state index contributed by atoms with van der Waals surface area (Å²) in [4.78, 5) is 25.4. The zero-order chi connectivity index (χ0) is 37.2. The number of nitriles is 1. The molecule has 1 saturated heterocycles. The zero-order valence-electron chi connectivity index (χ0n) is 30.2. The van der Waals surface area contributed by atoms with Gasteiger partial charge in [0, 0.05) is 48.1 Å². The van der Waals surface area contributed by atoms with E-state index in [9.17, 15) is 9.18 Å². The van der Waals surface area contributed by atoms with Gasteiger partial charge in [-0.15, -0.1) is 0 Å². The number of carbonyl (C=O) groups excluding carboxylic acids is 1. The van der Waals surface area contributed by atoms with Crippen molar-refractivity contribution in [3.8, 4) is 11.9 Å². The van der Waals surface area contributed by atoms with Gasteiger partial charge >= 0.3 is 0 Å². The molecule has 0 spiro atoms. The van der Waals surface area contributed by atoms with Gasteiger partial charge in [-0.25, -0.2) is 14.4 Å². The quantitative estimate of drug-likeness (QED) is 0.130. The first-order valence-corrected chi connectivity index (χ1v) is 17.8. The van der Waals surface area contributed by atoms with Crippen LogP contribution in [0.25, 0.3) is 27.5 Å². The fraction of sp³-hybridized carbons (Fsp3) is 0.293. The summed E-state index contributed by atoms with van der Waals surface area (Å²) in [6, 6.07) is 23.8. The molecule has 6 aromatic rings. The van der Waals surface area contributed by atoms with Crippen molar-refractivity contribution in [2.24, 2.45) is 0 Å². The number of nitrogens with zero attached hydrogens (tertiary/aromatic N) is 5. The Labute approximate surface area is 307 Å². The number of rotatable bonds is 9. The van der Waals surface area contributed by atoms with E-state index < -0.39 is 5.82 Å². The number of aryl methyl sites for hydroxylation is 2. The lowest BCUT2D eigenvalue weighted by molar-refractivity contribution is -0.105. The second-order valence-electron chi connectivity index (χ2n) is 13.0. The van der Waals surface area contributed by atoms with Crippen molar-refractivity contribution >= 4 is 39.6 Å². The van der Waals surface area contributed by atoms with Crippen LogP contribution in [-0.2, 0) is 29.1 Å². The molecule has 53 heavy (non-hydrogen) atoms. The monoisotopic (exact) mass is 714 g/mol. The number of hydrogen-bond donors (Lipinski definition) is 3. The van der Waals surface area contributed by atoms with E-state index in [1.54, 1.807) is 18.2 Å².